The molecule has 1 heteroatoms. The molecule has 1 unspecified atom stereocenters. The summed E-state index contributed by atoms with van der Waals surface area (Å²) in [6.45, 7) is 16.3. The maximum absolute atomic E-state index is 3.99. The number of rotatable bonds is 5. The van der Waals surface area contributed by atoms with E-state index in [0.29, 0.717) is 5.41 Å². The fourth-order valence-corrected chi connectivity index (χ4v) is 1.16. The number of nitrogens with one attached hydrogen (secondary N) is 1. The zero-order valence-corrected chi connectivity index (χ0v) is 9.91. The van der Waals surface area contributed by atoms with Crippen LogP contribution in [0.4, 0.5) is 0 Å². The van der Waals surface area contributed by atoms with Crippen LogP contribution in [0.25, 0.3) is 0 Å². The van der Waals surface area contributed by atoms with Crippen molar-refractivity contribution in [3.63, 3.8) is 0 Å². The Bertz CT molecular complexity index is 153. The Morgan fingerprint density at radius 2 is 1.92 bits per heavy atom. The molecule has 0 spiro atoms. The molecular weight excluding hydrogens is 158 g/mol. The molecule has 0 radical (unpaired) electrons. The van der Waals surface area contributed by atoms with Crippen molar-refractivity contribution in [3.05, 3.63) is 12.3 Å². The van der Waals surface area contributed by atoms with Gasteiger partial charge in [0, 0.05) is 12.2 Å². The maximum Gasteiger partial charge on any atom is 0.0115 e. The van der Waals surface area contributed by atoms with Crippen LogP contribution in [-0.2, 0) is 0 Å². The molecule has 0 aliphatic rings. The second-order valence-electron chi connectivity index (χ2n) is 4.94. The lowest BCUT2D eigenvalue weighted by Gasteiger charge is -2.27. The van der Waals surface area contributed by atoms with Gasteiger partial charge in [0.2, 0.25) is 0 Å². The first kappa shape index (κ1) is 12.5. The Balaban J connectivity index is 3.70. The molecule has 0 fully saturated rings. The Morgan fingerprint density at radius 1 is 1.38 bits per heavy atom. The van der Waals surface area contributed by atoms with E-state index in [2.05, 4.69) is 46.5 Å². The van der Waals surface area contributed by atoms with Crippen molar-refractivity contribution >= 4 is 0 Å². The summed E-state index contributed by atoms with van der Waals surface area (Å²) in [5.74, 6) is 0.753. The van der Waals surface area contributed by atoms with Gasteiger partial charge in [-0.3, -0.25) is 0 Å². The van der Waals surface area contributed by atoms with Crippen LogP contribution in [0.5, 0.6) is 0 Å². The molecule has 0 saturated heterocycles. The van der Waals surface area contributed by atoms with E-state index >= 15 is 0 Å². The monoisotopic (exact) mass is 183 g/mol. The van der Waals surface area contributed by atoms with E-state index < -0.39 is 0 Å². The van der Waals surface area contributed by atoms with E-state index in [0.717, 1.165) is 18.9 Å². The quantitative estimate of drug-likeness (QED) is 0.687. The zero-order valence-electron chi connectivity index (χ0n) is 9.91. The Labute approximate surface area is 83.6 Å². The van der Waals surface area contributed by atoms with Crippen molar-refractivity contribution in [1.82, 2.24) is 5.32 Å². The van der Waals surface area contributed by atoms with Gasteiger partial charge in [0.05, 0.1) is 0 Å². The van der Waals surface area contributed by atoms with E-state index in [4.69, 9.17) is 0 Å². The third-order valence-corrected chi connectivity index (χ3v) is 2.78. The predicted octanol–water partition coefficient (Wildman–Crippen LogP) is 3.57. The summed E-state index contributed by atoms with van der Waals surface area (Å²) in [4.78, 5) is 0. The van der Waals surface area contributed by atoms with Crippen LogP contribution in [-0.4, -0.2) is 6.54 Å². The molecule has 0 saturated carbocycles. The van der Waals surface area contributed by atoms with Crippen molar-refractivity contribution in [3.8, 4) is 0 Å². The average Bonchev–Trinajstić information content (AvgIpc) is 1.99. The highest BCUT2D eigenvalue weighted by atomic mass is 14.9. The molecule has 0 bridgehead atoms. The van der Waals surface area contributed by atoms with Crippen molar-refractivity contribution in [1.29, 1.82) is 0 Å². The fraction of sp³-hybridized carbons (Fsp3) is 0.833. The summed E-state index contributed by atoms with van der Waals surface area (Å²) in [6.07, 6.45) is 2.33. The molecule has 1 nitrogen and oxygen atoms in total. The topological polar surface area (TPSA) is 12.0 Å². The molecule has 0 amide bonds. The molecule has 78 valence electrons. The molecule has 0 aliphatic carbocycles. The third kappa shape index (κ3) is 5.73. The minimum atomic E-state index is 0.423. The largest absolute Gasteiger partial charge is 0.389 e. The summed E-state index contributed by atoms with van der Waals surface area (Å²) in [5, 5.41) is 3.26. The van der Waals surface area contributed by atoms with E-state index in [1.165, 1.54) is 12.1 Å². The summed E-state index contributed by atoms with van der Waals surface area (Å²) < 4.78 is 0. The first-order chi connectivity index (χ1) is 5.88. The van der Waals surface area contributed by atoms with Crippen molar-refractivity contribution < 1.29 is 0 Å². The first-order valence-electron chi connectivity index (χ1n) is 5.29. The SMILES string of the molecule is C=C(CCC(C)C(C)(C)C)NCC. The van der Waals surface area contributed by atoms with Crippen LogP contribution < -0.4 is 5.32 Å². The lowest BCUT2D eigenvalue weighted by atomic mass is 9.79. The van der Waals surface area contributed by atoms with E-state index in [-0.39, 0.29) is 0 Å². The van der Waals surface area contributed by atoms with E-state index in [1.807, 2.05) is 0 Å². The van der Waals surface area contributed by atoms with Gasteiger partial charge < -0.3 is 5.32 Å². The van der Waals surface area contributed by atoms with Gasteiger partial charge in [0.25, 0.3) is 0 Å². The van der Waals surface area contributed by atoms with Gasteiger partial charge in [-0.15, -0.1) is 0 Å². The van der Waals surface area contributed by atoms with Crippen LogP contribution in [0.15, 0.2) is 12.3 Å². The Morgan fingerprint density at radius 3 is 2.31 bits per heavy atom. The zero-order chi connectivity index (χ0) is 10.5. The molecule has 0 aromatic carbocycles. The molecule has 0 aliphatic heterocycles. The Hall–Kier alpha value is -0.460. The van der Waals surface area contributed by atoms with Gasteiger partial charge in [-0.05, 0) is 31.1 Å². The highest BCUT2D eigenvalue weighted by Crippen LogP contribution is 2.29. The van der Waals surface area contributed by atoms with Crippen LogP contribution in [0.2, 0.25) is 0 Å². The minimum Gasteiger partial charge on any atom is -0.389 e. The van der Waals surface area contributed by atoms with Crippen molar-refractivity contribution in [2.75, 3.05) is 6.54 Å². The highest BCUT2D eigenvalue weighted by molar-refractivity contribution is 4.91. The summed E-state index contributed by atoms with van der Waals surface area (Å²) in [7, 11) is 0. The normalized spacial score (nSPS) is 13.9. The molecule has 0 aromatic heterocycles. The number of hydrogen-bond acceptors (Lipinski definition) is 1. The van der Waals surface area contributed by atoms with Crippen LogP contribution in [0.1, 0.15) is 47.5 Å². The first-order valence-corrected chi connectivity index (χ1v) is 5.29. The second-order valence-corrected chi connectivity index (χ2v) is 4.94. The third-order valence-electron chi connectivity index (χ3n) is 2.78. The highest BCUT2D eigenvalue weighted by Gasteiger charge is 2.19. The summed E-state index contributed by atoms with van der Waals surface area (Å²) >= 11 is 0. The molecule has 0 heterocycles. The standard InChI is InChI=1S/C12H25N/c1-7-13-11(3)9-8-10(2)12(4,5)6/h10,13H,3,7-9H2,1-2,4-6H3. The van der Waals surface area contributed by atoms with Gasteiger partial charge in [-0.1, -0.05) is 34.3 Å². The minimum absolute atomic E-state index is 0.423. The summed E-state index contributed by atoms with van der Waals surface area (Å²) in [6, 6.07) is 0. The number of allylic oxidation sites excluding steroid dienone is 1. The van der Waals surface area contributed by atoms with Gasteiger partial charge in [0.1, 0.15) is 0 Å². The fourth-order valence-electron chi connectivity index (χ4n) is 1.16. The second kappa shape index (κ2) is 5.31. The summed E-state index contributed by atoms with van der Waals surface area (Å²) in [5.41, 5.74) is 1.60. The van der Waals surface area contributed by atoms with Crippen molar-refractivity contribution in [2.24, 2.45) is 11.3 Å². The van der Waals surface area contributed by atoms with E-state index in [1.54, 1.807) is 0 Å². The smallest absolute Gasteiger partial charge is 0.0115 e. The molecular formula is C12H25N. The van der Waals surface area contributed by atoms with Crippen LogP contribution >= 0.6 is 0 Å². The van der Waals surface area contributed by atoms with Gasteiger partial charge >= 0.3 is 0 Å². The van der Waals surface area contributed by atoms with Gasteiger partial charge in [-0.25, -0.2) is 0 Å². The Kier molecular flexibility index (Phi) is 5.12. The maximum atomic E-state index is 3.99. The van der Waals surface area contributed by atoms with Gasteiger partial charge in [0.15, 0.2) is 0 Å². The molecule has 1 N–H and O–H groups in total. The van der Waals surface area contributed by atoms with Crippen LogP contribution in [0.3, 0.4) is 0 Å². The predicted molar refractivity (Wildman–Crippen MR) is 60.7 cm³/mol. The average molecular weight is 183 g/mol. The van der Waals surface area contributed by atoms with Gasteiger partial charge in [-0.2, -0.15) is 0 Å². The lowest BCUT2D eigenvalue weighted by Crippen LogP contribution is -2.19. The molecule has 0 rings (SSSR count). The van der Waals surface area contributed by atoms with Crippen molar-refractivity contribution in [2.45, 2.75) is 47.5 Å². The van der Waals surface area contributed by atoms with Crippen LogP contribution in [0, 0.1) is 11.3 Å². The molecule has 1 atom stereocenters. The van der Waals surface area contributed by atoms with E-state index in [9.17, 15) is 0 Å². The molecule has 13 heavy (non-hydrogen) atoms. The lowest BCUT2D eigenvalue weighted by molar-refractivity contribution is 0.246. The number of hydrogen-bond donors (Lipinski definition) is 1. The molecule has 0 aromatic rings.